The van der Waals surface area contributed by atoms with Gasteiger partial charge in [0.1, 0.15) is 11.4 Å². The number of halogens is 4. The van der Waals surface area contributed by atoms with Crippen molar-refractivity contribution in [3.8, 4) is 28.7 Å². The van der Waals surface area contributed by atoms with E-state index in [1.54, 1.807) is 0 Å². The molecule has 0 aliphatic heterocycles. The lowest BCUT2D eigenvalue weighted by Crippen LogP contribution is -2.08. The number of fused-ring (bicyclic) bond motifs is 1. The number of allylic oxidation sites excluding steroid dienone is 1. The van der Waals surface area contributed by atoms with Gasteiger partial charge in [-0.2, -0.15) is 18.2 Å². The van der Waals surface area contributed by atoms with Crippen LogP contribution in [0.3, 0.4) is 0 Å². The van der Waals surface area contributed by atoms with Crippen molar-refractivity contribution in [3.05, 3.63) is 65.0 Å². The summed E-state index contributed by atoms with van der Waals surface area (Å²) in [6.07, 6.45) is 0.932. The standard InChI is InChI=1S/C24H20ClF3N4O2/c1-13-3-4-15(7-13)12-33-20-6-5-16(8-14(20)2)21-30-23(34-31-21)19-11-32-10-17(24(26,27)28)9-18(25)22(32)29-19/h5-6,8-11,15H,1,3-4,7,12H2,2H3/t15-/m1/s1. The third kappa shape index (κ3) is 4.40. The van der Waals surface area contributed by atoms with Gasteiger partial charge in [0.05, 0.1) is 17.2 Å². The summed E-state index contributed by atoms with van der Waals surface area (Å²) < 4.78 is 51.7. The van der Waals surface area contributed by atoms with Crippen molar-refractivity contribution >= 4 is 17.2 Å². The minimum Gasteiger partial charge on any atom is -0.493 e. The number of alkyl halides is 3. The molecule has 1 saturated carbocycles. The number of benzene rings is 1. The molecule has 0 unspecified atom stereocenters. The number of aromatic nitrogens is 4. The predicted molar refractivity (Wildman–Crippen MR) is 121 cm³/mol. The van der Waals surface area contributed by atoms with E-state index in [2.05, 4.69) is 21.7 Å². The number of rotatable bonds is 5. The van der Waals surface area contributed by atoms with Crippen LogP contribution in [-0.2, 0) is 6.18 Å². The monoisotopic (exact) mass is 488 g/mol. The summed E-state index contributed by atoms with van der Waals surface area (Å²) in [5.74, 6) is 1.69. The van der Waals surface area contributed by atoms with Gasteiger partial charge in [0.2, 0.25) is 5.82 Å². The highest BCUT2D eigenvalue weighted by atomic mass is 35.5. The van der Waals surface area contributed by atoms with Crippen molar-refractivity contribution in [3.63, 3.8) is 0 Å². The highest BCUT2D eigenvalue weighted by Crippen LogP contribution is 2.34. The van der Waals surface area contributed by atoms with E-state index in [1.807, 2.05) is 25.1 Å². The zero-order valence-electron chi connectivity index (χ0n) is 18.2. The molecule has 3 heterocycles. The topological polar surface area (TPSA) is 65.5 Å². The van der Waals surface area contributed by atoms with E-state index >= 15 is 0 Å². The van der Waals surface area contributed by atoms with Crippen LogP contribution in [0.15, 0.2) is 53.3 Å². The molecule has 1 fully saturated rings. The van der Waals surface area contributed by atoms with Crippen LogP contribution in [0.4, 0.5) is 13.2 Å². The van der Waals surface area contributed by atoms with Gasteiger partial charge in [-0.3, -0.25) is 0 Å². The molecular formula is C24H20ClF3N4O2. The minimum atomic E-state index is -4.53. The number of hydrogen-bond donors (Lipinski definition) is 0. The smallest absolute Gasteiger partial charge is 0.417 e. The Balaban J connectivity index is 1.36. The zero-order chi connectivity index (χ0) is 24.0. The molecule has 0 radical (unpaired) electrons. The van der Waals surface area contributed by atoms with Crippen molar-refractivity contribution in [1.29, 1.82) is 0 Å². The number of hydrogen-bond acceptors (Lipinski definition) is 5. The Hall–Kier alpha value is -3.33. The van der Waals surface area contributed by atoms with Crippen LogP contribution in [0, 0.1) is 12.8 Å². The molecular weight excluding hydrogens is 469 g/mol. The predicted octanol–water partition coefficient (Wildman–Crippen LogP) is 6.77. The second-order valence-corrected chi connectivity index (χ2v) is 8.91. The molecule has 176 valence electrons. The molecule has 0 amide bonds. The molecule has 1 aliphatic carbocycles. The summed E-state index contributed by atoms with van der Waals surface area (Å²) in [4.78, 5) is 8.62. The van der Waals surface area contributed by atoms with Gasteiger partial charge in [0.25, 0.3) is 5.89 Å². The molecule has 0 spiro atoms. The average Bonchev–Trinajstić information content (AvgIpc) is 3.51. The summed E-state index contributed by atoms with van der Waals surface area (Å²) in [5.41, 5.74) is 2.43. The van der Waals surface area contributed by atoms with E-state index in [0.717, 1.165) is 48.4 Å². The van der Waals surface area contributed by atoms with Gasteiger partial charge in [-0.1, -0.05) is 28.9 Å². The van der Waals surface area contributed by atoms with Crippen LogP contribution in [0.2, 0.25) is 5.02 Å². The normalized spacial score (nSPS) is 16.5. The minimum absolute atomic E-state index is 0.0720. The Bertz CT molecular complexity index is 1390. The van der Waals surface area contributed by atoms with Crippen LogP contribution in [-0.4, -0.2) is 26.1 Å². The third-order valence-electron chi connectivity index (χ3n) is 5.87. The molecule has 1 aliphatic rings. The van der Waals surface area contributed by atoms with Crippen LogP contribution < -0.4 is 4.74 Å². The maximum Gasteiger partial charge on any atom is 0.417 e. The molecule has 0 N–H and O–H groups in total. The molecule has 4 aromatic rings. The van der Waals surface area contributed by atoms with Crippen molar-refractivity contribution in [2.24, 2.45) is 5.92 Å². The summed E-state index contributed by atoms with van der Waals surface area (Å²) in [7, 11) is 0. The first-order chi connectivity index (χ1) is 16.2. The number of ether oxygens (including phenoxy) is 1. The second-order valence-electron chi connectivity index (χ2n) is 8.50. The van der Waals surface area contributed by atoms with E-state index in [0.29, 0.717) is 18.3 Å². The third-order valence-corrected chi connectivity index (χ3v) is 6.15. The fourth-order valence-electron chi connectivity index (χ4n) is 4.08. The first-order valence-corrected chi connectivity index (χ1v) is 11.0. The summed E-state index contributed by atoms with van der Waals surface area (Å²) >= 11 is 6.01. The maximum atomic E-state index is 13.1. The highest BCUT2D eigenvalue weighted by Gasteiger charge is 2.32. The number of nitrogens with zero attached hydrogens (tertiary/aromatic N) is 4. The average molecular weight is 489 g/mol. The lowest BCUT2D eigenvalue weighted by atomic mass is 10.1. The molecule has 5 rings (SSSR count). The largest absolute Gasteiger partial charge is 0.493 e. The van der Waals surface area contributed by atoms with E-state index in [4.69, 9.17) is 20.9 Å². The van der Waals surface area contributed by atoms with Gasteiger partial charge in [-0.05, 0) is 61.9 Å². The van der Waals surface area contributed by atoms with Gasteiger partial charge in [-0.15, -0.1) is 0 Å². The summed E-state index contributed by atoms with van der Waals surface area (Å²) in [6, 6.07) is 6.44. The Morgan fingerprint density at radius 2 is 2.06 bits per heavy atom. The molecule has 1 atom stereocenters. The molecule has 0 bridgehead atoms. The van der Waals surface area contributed by atoms with Crippen molar-refractivity contribution in [2.75, 3.05) is 6.61 Å². The Kier molecular flexibility index (Phi) is 5.59. The summed E-state index contributed by atoms with van der Waals surface area (Å²) in [6.45, 7) is 6.63. The van der Waals surface area contributed by atoms with Crippen LogP contribution in [0.25, 0.3) is 28.6 Å². The van der Waals surface area contributed by atoms with Crippen LogP contribution in [0.5, 0.6) is 5.75 Å². The molecule has 0 saturated heterocycles. The Labute approximate surface area is 198 Å². The van der Waals surface area contributed by atoms with Crippen molar-refractivity contribution in [2.45, 2.75) is 32.4 Å². The molecule has 6 nitrogen and oxygen atoms in total. The van der Waals surface area contributed by atoms with Crippen molar-refractivity contribution < 1.29 is 22.4 Å². The molecule has 3 aromatic heterocycles. The first kappa shape index (κ1) is 22.5. The van der Waals surface area contributed by atoms with E-state index < -0.39 is 11.7 Å². The zero-order valence-corrected chi connectivity index (χ0v) is 19.0. The quantitative estimate of drug-likeness (QED) is 0.290. The number of aryl methyl sites for hydroxylation is 1. The lowest BCUT2D eigenvalue weighted by Gasteiger charge is -2.13. The van der Waals surface area contributed by atoms with Gasteiger partial charge >= 0.3 is 6.18 Å². The van der Waals surface area contributed by atoms with Crippen molar-refractivity contribution in [1.82, 2.24) is 19.5 Å². The SMILES string of the molecule is C=C1CC[C@@H](COc2ccc(-c3noc(-c4cn5cc(C(F)(F)F)cc(Cl)c5n4)n3)cc2C)C1. The Morgan fingerprint density at radius 1 is 1.24 bits per heavy atom. The van der Waals surface area contributed by atoms with E-state index in [1.165, 1.54) is 16.2 Å². The fourth-order valence-corrected chi connectivity index (χ4v) is 4.34. The van der Waals surface area contributed by atoms with Crippen LogP contribution >= 0.6 is 11.6 Å². The Morgan fingerprint density at radius 3 is 2.76 bits per heavy atom. The maximum absolute atomic E-state index is 13.1. The van der Waals surface area contributed by atoms with E-state index in [-0.39, 0.29) is 22.3 Å². The van der Waals surface area contributed by atoms with Gasteiger partial charge in [0, 0.05) is 18.0 Å². The molecule has 34 heavy (non-hydrogen) atoms. The first-order valence-electron chi connectivity index (χ1n) is 10.7. The van der Waals surface area contributed by atoms with Gasteiger partial charge in [0.15, 0.2) is 5.65 Å². The number of pyridine rings is 1. The van der Waals surface area contributed by atoms with Gasteiger partial charge in [-0.25, -0.2) is 4.98 Å². The number of imidazole rings is 1. The summed E-state index contributed by atoms with van der Waals surface area (Å²) in [5, 5.41) is 3.87. The van der Waals surface area contributed by atoms with E-state index in [9.17, 15) is 13.2 Å². The fraction of sp³-hybridized carbons (Fsp3) is 0.292. The van der Waals surface area contributed by atoms with Crippen LogP contribution in [0.1, 0.15) is 30.4 Å². The second kappa shape index (κ2) is 8.47. The highest BCUT2D eigenvalue weighted by molar-refractivity contribution is 6.33. The van der Waals surface area contributed by atoms with Gasteiger partial charge < -0.3 is 13.7 Å². The molecule has 10 heteroatoms. The molecule has 1 aromatic carbocycles. The lowest BCUT2D eigenvalue weighted by molar-refractivity contribution is -0.137.